The van der Waals surface area contributed by atoms with Crippen LogP contribution in [-0.4, -0.2) is 22.7 Å². The zero-order valence-electron chi connectivity index (χ0n) is 6.86. The first-order valence-corrected chi connectivity index (χ1v) is 4.72. The van der Waals surface area contributed by atoms with E-state index < -0.39 is 22.8 Å². The summed E-state index contributed by atoms with van der Waals surface area (Å²) in [6, 6.07) is 0. The Labute approximate surface area is 79.0 Å². The van der Waals surface area contributed by atoms with Crippen molar-refractivity contribution in [1.82, 2.24) is 0 Å². The van der Waals surface area contributed by atoms with Gasteiger partial charge in [-0.05, 0) is 6.92 Å². The van der Waals surface area contributed by atoms with Gasteiger partial charge in [-0.1, -0.05) is 0 Å². The summed E-state index contributed by atoms with van der Waals surface area (Å²) >= 11 is 0. The van der Waals surface area contributed by atoms with Gasteiger partial charge >= 0.3 is 6.18 Å². The molecule has 0 spiro atoms. The van der Waals surface area contributed by atoms with Crippen LogP contribution < -0.4 is 0 Å². The molecule has 6 heteroatoms. The summed E-state index contributed by atoms with van der Waals surface area (Å²) in [7, 11) is -0.894. The predicted octanol–water partition coefficient (Wildman–Crippen LogP) is 2.61. The number of hydrogen-bond donors (Lipinski definition) is 1. The minimum absolute atomic E-state index is 0. The Morgan fingerprint density at radius 3 is 1.92 bits per heavy atom. The van der Waals surface area contributed by atoms with Gasteiger partial charge in [0.25, 0.3) is 0 Å². The van der Waals surface area contributed by atoms with E-state index in [-0.39, 0.29) is 17.5 Å². The summed E-state index contributed by atoms with van der Waals surface area (Å²) in [5.74, 6) is -0.423. The van der Waals surface area contributed by atoms with Crippen LogP contribution in [0.2, 0.25) is 0 Å². The van der Waals surface area contributed by atoms with E-state index in [4.69, 9.17) is 5.41 Å². The van der Waals surface area contributed by atoms with Crippen LogP contribution in [0.25, 0.3) is 0 Å². The lowest BCUT2D eigenvalue weighted by atomic mass is 10.8. The molecule has 0 bridgehead atoms. The van der Waals surface area contributed by atoms with E-state index in [9.17, 15) is 13.2 Å². The van der Waals surface area contributed by atoms with Gasteiger partial charge in [0.15, 0.2) is 0 Å². The lowest BCUT2D eigenvalue weighted by Crippen LogP contribution is -2.28. The van der Waals surface area contributed by atoms with Crippen LogP contribution in [-0.2, 0) is 10.9 Å². The lowest BCUT2D eigenvalue weighted by Gasteiger charge is -2.06. The molecule has 1 atom stereocenters. The van der Waals surface area contributed by atoms with Gasteiger partial charge in [-0.2, -0.15) is 13.2 Å². The fraction of sp³-hybridized carbons (Fsp3) is 0.833. The van der Waals surface area contributed by atoms with Crippen LogP contribution in [0.3, 0.4) is 0 Å². The second-order valence-corrected chi connectivity index (χ2v) is 4.56. The standard InChI is InChI=1S/C6H11F3NS.ClH/c1-3-11(5(2)10)4-6(7,8)9;/h10H,3-4H2,1-2H3;1H/q+1;. The van der Waals surface area contributed by atoms with Gasteiger partial charge in [-0.15, -0.1) is 12.4 Å². The third-order valence-corrected chi connectivity index (χ3v) is 3.36. The maximum atomic E-state index is 11.8. The number of hydrogen-bond acceptors (Lipinski definition) is 1. The third kappa shape index (κ3) is 6.79. The molecular formula is C6H12ClF3NS+. The maximum Gasteiger partial charge on any atom is 0.433 e. The normalized spacial score (nSPS) is 13.4. The third-order valence-electron chi connectivity index (χ3n) is 1.12. The highest BCUT2D eigenvalue weighted by Crippen LogP contribution is 2.19. The van der Waals surface area contributed by atoms with Crippen molar-refractivity contribution in [2.45, 2.75) is 20.0 Å². The van der Waals surface area contributed by atoms with Crippen molar-refractivity contribution < 1.29 is 13.2 Å². The molecule has 0 saturated heterocycles. The van der Waals surface area contributed by atoms with E-state index in [1.807, 2.05) is 0 Å². The largest absolute Gasteiger partial charge is 0.433 e. The number of alkyl halides is 3. The van der Waals surface area contributed by atoms with Gasteiger partial charge in [-0.25, -0.2) is 0 Å². The van der Waals surface area contributed by atoms with E-state index in [0.29, 0.717) is 5.75 Å². The first-order valence-electron chi connectivity index (χ1n) is 3.16. The summed E-state index contributed by atoms with van der Waals surface area (Å²) in [5.41, 5.74) is 0. The summed E-state index contributed by atoms with van der Waals surface area (Å²) in [6.07, 6.45) is -4.12. The van der Waals surface area contributed by atoms with E-state index in [1.54, 1.807) is 6.92 Å². The fourth-order valence-electron chi connectivity index (χ4n) is 0.624. The Balaban J connectivity index is 0. The SMILES string of the molecule is CC[S+](CC(F)(F)F)C(C)=N.Cl. The molecule has 0 aliphatic carbocycles. The maximum absolute atomic E-state index is 11.8. The van der Waals surface area contributed by atoms with Gasteiger partial charge < -0.3 is 0 Å². The van der Waals surface area contributed by atoms with Crippen LogP contribution in [0, 0.1) is 5.41 Å². The van der Waals surface area contributed by atoms with E-state index in [2.05, 4.69) is 0 Å². The topological polar surface area (TPSA) is 23.9 Å². The van der Waals surface area contributed by atoms with E-state index in [0.717, 1.165) is 0 Å². The van der Waals surface area contributed by atoms with Crippen molar-refractivity contribution in [1.29, 1.82) is 5.41 Å². The molecule has 0 heterocycles. The van der Waals surface area contributed by atoms with Gasteiger partial charge in [0.05, 0.1) is 0 Å². The highest BCUT2D eigenvalue weighted by molar-refractivity contribution is 8.11. The Morgan fingerprint density at radius 1 is 1.42 bits per heavy atom. The molecule has 1 unspecified atom stereocenters. The van der Waals surface area contributed by atoms with Crippen molar-refractivity contribution in [3.63, 3.8) is 0 Å². The minimum atomic E-state index is -4.12. The molecule has 1 nitrogen and oxygen atoms in total. The predicted molar refractivity (Wildman–Crippen MR) is 49.5 cm³/mol. The second-order valence-electron chi connectivity index (χ2n) is 2.10. The summed E-state index contributed by atoms with van der Waals surface area (Å²) in [6.45, 7) is 3.10. The zero-order valence-corrected chi connectivity index (χ0v) is 8.50. The molecule has 0 aliphatic heterocycles. The van der Waals surface area contributed by atoms with Crippen LogP contribution in [0.4, 0.5) is 13.2 Å². The number of halogens is 4. The van der Waals surface area contributed by atoms with Crippen LogP contribution in [0.15, 0.2) is 0 Å². The Morgan fingerprint density at radius 2 is 1.83 bits per heavy atom. The first kappa shape index (κ1) is 14.6. The van der Waals surface area contributed by atoms with Crippen LogP contribution in [0.5, 0.6) is 0 Å². The lowest BCUT2D eigenvalue weighted by molar-refractivity contribution is -0.105. The highest BCUT2D eigenvalue weighted by atomic mass is 35.5. The molecule has 0 aromatic heterocycles. The van der Waals surface area contributed by atoms with Crippen molar-refractivity contribution in [2.75, 3.05) is 11.5 Å². The van der Waals surface area contributed by atoms with Crippen molar-refractivity contribution in [2.24, 2.45) is 0 Å². The first-order chi connectivity index (χ1) is 4.87. The molecule has 0 radical (unpaired) electrons. The van der Waals surface area contributed by atoms with Crippen LogP contribution >= 0.6 is 12.4 Å². The molecule has 0 aliphatic rings. The van der Waals surface area contributed by atoms with E-state index in [1.165, 1.54) is 6.92 Å². The van der Waals surface area contributed by atoms with Crippen molar-refractivity contribution in [3.05, 3.63) is 0 Å². The van der Waals surface area contributed by atoms with Gasteiger partial charge in [-0.3, -0.25) is 5.41 Å². The van der Waals surface area contributed by atoms with Crippen molar-refractivity contribution in [3.8, 4) is 0 Å². The smallest absolute Gasteiger partial charge is 0.261 e. The Kier molecular flexibility index (Phi) is 6.94. The summed E-state index contributed by atoms with van der Waals surface area (Å²) in [5, 5.41) is 7.19. The fourth-order valence-corrected chi connectivity index (χ4v) is 1.87. The molecule has 12 heavy (non-hydrogen) atoms. The minimum Gasteiger partial charge on any atom is -0.261 e. The zero-order chi connectivity index (χ0) is 9.07. The molecule has 0 aromatic carbocycles. The van der Waals surface area contributed by atoms with Crippen molar-refractivity contribution >= 4 is 28.3 Å². The summed E-state index contributed by atoms with van der Waals surface area (Å²) < 4.78 is 35.3. The molecule has 0 aromatic rings. The molecule has 0 fully saturated rings. The van der Waals surface area contributed by atoms with Gasteiger partial charge in [0.1, 0.15) is 5.75 Å². The number of rotatable bonds is 2. The second kappa shape index (κ2) is 5.70. The van der Waals surface area contributed by atoms with E-state index >= 15 is 0 Å². The van der Waals surface area contributed by atoms with Gasteiger partial charge in [0.2, 0.25) is 10.8 Å². The molecule has 0 rings (SSSR count). The quantitative estimate of drug-likeness (QED) is 0.422. The summed E-state index contributed by atoms with van der Waals surface area (Å²) in [4.78, 5) is 0. The Bertz CT molecular complexity index is 148. The molecule has 74 valence electrons. The molecule has 0 amide bonds. The average Bonchev–Trinajstić information content (AvgIpc) is 1.80. The highest BCUT2D eigenvalue weighted by Gasteiger charge is 2.39. The monoisotopic (exact) mass is 222 g/mol. The Hall–Kier alpha value is 0.1000. The van der Waals surface area contributed by atoms with Gasteiger partial charge in [0, 0.05) is 17.8 Å². The number of nitrogens with one attached hydrogen (secondary N) is 1. The molecular weight excluding hydrogens is 211 g/mol. The average molecular weight is 223 g/mol. The molecule has 1 N–H and O–H groups in total. The molecule has 0 saturated carbocycles. The van der Waals surface area contributed by atoms with Crippen LogP contribution in [0.1, 0.15) is 13.8 Å².